The number of aryl methyl sites for hydroxylation is 1. The van der Waals surface area contributed by atoms with Gasteiger partial charge in [-0.1, -0.05) is 67.4 Å². The Kier molecular flexibility index (Phi) is 5.91. The van der Waals surface area contributed by atoms with Gasteiger partial charge in [0.1, 0.15) is 6.04 Å². The highest BCUT2D eigenvalue weighted by atomic mass is 35.5. The third-order valence-corrected chi connectivity index (χ3v) is 5.08. The van der Waals surface area contributed by atoms with Gasteiger partial charge in [0.15, 0.2) is 0 Å². The first kappa shape index (κ1) is 19.1. The summed E-state index contributed by atoms with van der Waals surface area (Å²) in [5.41, 5.74) is 2.35. The number of rotatable bonds is 6. The van der Waals surface area contributed by atoms with E-state index in [2.05, 4.69) is 22.4 Å². The number of carbonyl (C=O) groups excluding carboxylic acids is 1. The van der Waals surface area contributed by atoms with Gasteiger partial charge in [0.05, 0.1) is 0 Å². The summed E-state index contributed by atoms with van der Waals surface area (Å²) in [4.78, 5) is 17.1. The molecule has 1 heterocycles. The van der Waals surface area contributed by atoms with Gasteiger partial charge in [-0.3, -0.25) is 4.79 Å². The van der Waals surface area contributed by atoms with E-state index >= 15 is 0 Å². The second-order valence-corrected chi connectivity index (χ2v) is 7.03. The van der Waals surface area contributed by atoms with Crippen molar-refractivity contribution < 1.29 is 9.32 Å². The van der Waals surface area contributed by atoms with Gasteiger partial charge in [-0.2, -0.15) is 4.98 Å². The number of benzene rings is 2. The van der Waals surface area contributed by atoms with Crippen molar-refractivity contribution in [2.24, 2.45) is 5.92 Å². The lowest BCUT2D eigenvalue weighted by atomic mass is 9.98. The number of carbonyl (C=O) groups is 1. The van der Waals surface area contributed by atoms with Crippen LogP contribution in [0, 0.1) is 12.8 Å². The number of nitrogens with one attached hydrogen (secondary N) is 1. The van der Waals surface area contributed by atoms with Crippen LogP contribution >= 0.6 is 11.6 Å². The van der Waals surface area contributed by atoms with Gasteiger partial charge in [0.2, 0.25) is 11.7 Å². The van der Waals surface area contributed by atoms with E-state index in [1.54, 1.807) is 12.1 Å². The number of nitrogens with zero attached hydrogens (tertiary/aromatic N) is 2. The van der Waals surface area contributed by atoms with Gasteiger partial charge in [0, 0.05) is 16.1 Å². The number of aromatic nitrogens is 2. The molecule has 3 aromatic rings. The van der Waals surface area contributed by atoms with Crippen LogP contribution < -0.4 is 5.32 Å². The van der Waals surface area contributed by atoms with Gasteiger partial charge < -0.3 is 9.84 Å². The fourth-order valence-electron chi connectivity index (χ4n) is 2.71. The first-order valence-electron chi connectivity index (χ1n) is 8.95. The molecule has 1 aromatic heterocycles. The largest absolute Gasteiger partial charge is 0.340 e. The first-order valence-corrected chi connectivity index (χ1v) is 9.33. The van der Waals surface area contributed by atoms with Crippen LogP contribution in [0.3, 0.4) is 0 Å². The summed E-state index contributed by atoms with van der Waals surface area (Å²) in [6.45, 7) is 6.04. The van der Waals surface area contributed by atoms with Crippen LogP contribution in [-0.2, 0) is 0 Å². The van der Waals surface area contributed by atoms with Crippen molar-refractivity contribution in [3.05, 3.63) is 70.6 Å². The minimum Gasteiger partial charge on any atom is -0.340 e. The Balaban J connectivity index is 1.86. The Morgan fingerprint density at radius 1 is 1.22 bits per heavy atom. The van der Waals surface area contributed by atoms with E-state index in [9.17, 15) is 4.79 Å². The molecular formula is C21H22ClN3O2. The minimum atomic E-state index is -0.370. The molecule has 0 aliphatic rings. The Hall–Kier alpha value is -2.66. The number of hydrogen-bond acceptors (Lipinski definition) is 4. The summed E-state index contributed by atoms with van der Waals surface area (Å²) in [5, 5.41) is 7.75. The zero-order valence-electron chi connectivity index (χ0n) is 15.6. The van der Waals surface area contributed by atoms with Crippen molar-refractivity contribution in [2.45, 2.75) is 33.2 Å². The molecule has 27 heavy (non-hydrogen) atoms. The highest BCUT2D eigenvalue weighted by Crippen LogP contribution is 2.28. The van der Waals surface area contributed by atoms with Crippen LogP contribution in [0.25, 0.3) is 11.4 Å². The molecule has 0 saturated carbocycles. The van der Waals surface area contributed by atoms with E-state index in [0.717, 1.165) is 17.5 Å². The SMILES string of the molecule is CC[C@H](C)[C@@H](NC(=O)c1ccccc1)c1nc(-c2ccc(C)c(Cl)c2)no1. The molecule has 0 bridgehead atoms. The molecule has 0 radical (unpaired) electrons. The number of halogens is 1. The fourth-order valence-corrected chi connectivity index (χ4v) is 2.89. The lowest BCUT2D eigenvalue weighted by molar-refractivity contribution is 0.0910. The summed E-state index contributed by atoms with van der Waals surface area (Å²) in [5.74, 6) is 0.807. The Morgan fingerprint density at radius 2 is 1.96 bits per heavy atom. The molecule has 0 spiro atoms. The minimum absolute atomic E-state index is 0.132. The van der Waals surface area contributed by atoms with E-state index in [4.69, 9.17) is 16.1 Å². The molecule has 3 rings (SSSR count). The van der Waals surface area contributed by atoms with E-state index in [1.807, 2.05) is 50.2 Å². The second kappa shape index (κ2) is 8.35. The van der Waals surface area contributed by atoms with Gasteiger partial charge in [0.25, 0.3) is 5.91 Å². The summed E-state index contributed by atoms with van der Waals surface area (Å²) < 4.78 is 5.49. The molecule has 0 unspecified atom stereocenters. The van der Waals surface area contributed by atoms with Crippen LogP contribution in [0.5, 0.6) is 0 Å². The molecule has 1 amide bonds. The Bertz CT molecular complexity index is 924. The van der Waals surface area contributed by atoms with Crippen molar-refractivity contribution in [3.8, 4) is 11.4 Å². The molecule has 6 heteroatoms. The predicted octanol–water partition coefficient (Wildman–Crippen LogP) is 5.22. The van der Waals surface area contributed by atoms with Crippen LogP contribution in [0.4, 0.5) is 0 Å². The fraction of sp³-hybridized carbons (Fsp3) is 0.286. The Labute approximate surface area is 163 Å². The molecule has 140 valence electrons. The van der Waals surface area contributed by atoms with Crippen LogP contribution in [0.1, 0.15) is 48.1 Å². The average Bonchev–Trinajstić information content (AvgIpc) is 3.18. The van der Waals surface area contributed by atoms with Gasteiger partial charge >= 0.3 is 0 Å². The molecule has 5 nitrogen and oxygen atoms in total. The lowest BCUT2D eigenvalue weighted by Gasteiger charge is -2.20. The van der Waals surface area contributed by atoms with Crippen LogP contribution in [0.15, 0.2) is 53.1 Å². The number of amides is 1. The van der Waals surface area contributed by atoms with Gasteiger partial charge in [-0.05, 0) is 36.6 Å². The van der Waals surface area contributed by atoms with Crippen LogP contribution in [-0.4, -0.2) is 16.0 Å². The van der Waals surface area contributed by atoms with Crippen molar-refractivity contribution in [1.82, 2.24) is 15.5 Å². The second-order valence-electron chi connectivity index (χ2n) is 6.62. The van der Waals surface area contributed by atoms with Crippen LogP contribution in [0.2, 0.25) is 5.02 Å². The van der Waals surface area contributed by atoms with Crippen molar-refractivity contribution >= 4 is 17.5 Å². The first-order chi connectivity index (χ1) is 13.0. The maximum Gasteiger partial charge on any atom is 0.251 e. The van der Waals surface area contributed by atoms with Gasteiger partial charge in [-0.25, -0.2) is 0 Å². The summed E-state index contributed by atoms with van der Waals surface area (Å²) in [6.07, 6.45) is 0.855. The Morgan fingerprint density at radius 3 is 2.63 bits per heavy atom. The van der Waals surface area contributed by atoms with Gasteiger partial charge in [-0.15, -0.1) is 0 Å². The average molecular weight is 384 g/mol. The maximum atomic E-state index is 12.6. The zero-order valence-corrected chi connectivity index (χ0v) is 16.3. The maximum absolute atomic E-state index is 12.6. The normalized spacial score (nSPS) is 13.2. The molecule has 2 aromatic carbocycles. The smallest absolute Gasteiger partial charge is 0.251 e. The zero-order chi connectivity index (χ0) is 19.4. The molecule has 2 atom stereocenters. The molecule has 0 saturated heterocycles. The van der Waals surface area contributed by atoms with Crippen molar-refractivity contribution in [2.75, 3.05) is 0 Å². The molecule has 0 aliphatic carbocycles. The van der Waals surface area contributed by atoms with E-state index in [0.29, 0.717) is 22.3 Å². The highest BCUT2D eigenvalue weighted by molar-refractivity contribution is 6.31. The molecule has 0 aliphatic heterocycles. The van der Waals surface area contributed by atoms with Crippen molar-refractivity contribution in [3.63, 3.8) is 0 Å². The summed E-state index contributed by atoms with van der Waals surface area (Å²) >= 11 is 6.20. The standard InChI is InChI=1S/C21H22ClN3O2/c1-4-13(2)18(23-20(26)15-8-6-5-7-9-15)21-24-19(25-27-21)16-11-10-14(3)17(22)12-16/h5-13,18H,4H2,1-3H3,(H,23,26)/t13-,18+/m0/s1. The summed E-state index contributed by atoms with van der Waals surface area (Å²) in [6, 6.07) is 14.3. The van der Waals surface area contributed by atoms with E-state index in [-0.39, 0.29) is 17.9 Å². The highest BCUT2D eigenvalue weighted by Gasteiger charge is 2.27. The molecule has 0 fully saturated rings. The summed E-state index contributed by atoms with van der Waals surface area (Å²) in [7, 11) is 0. The quantitative estimate of drug-likeness (QED) is 0.633. The predicted molar refractivity (Wildman–Crippen MR) is 106 cm³/mol. The van der Waals surface area contributed by atoms with Crippen molar-refractivity contribution in [1.29, 1.82) is 0 Å². The molecular weight excluding hydrogens is 362 g/mol. The van der Waals surface area contributed by atoms with E-state index < -0.39 is 0 Å². The van der Waals surface area contributed by atoms with E-state index in [1.165, 1.54) is 0 Å². The lowest BCUT2D eigenvalue weighted by Crippen LogP contribution is -2.32. The monoisotopic (exact) mass is 383 g/mol. The topological polar surface area (TPSA) is 68.0 Å². The molecule has 1 N–H and O–H groups in total. The number of hydrogen-bond donors (Lipinski definition) is 1. The third-order valence-electron chi connectivity index (χ3n) is 4.67. The third kappa shape index (κ3) is 4.37.